The van der Waals surface area contributed by atoms with Crippen LogP contribution in [0.2, 0.25) is 0 Å². The molecule has 2 heterocycles. The van der Waals surface area contributed by atoms with Gasteiger partial charge in [-0.2, -0.15) is 0 Å². The summed E-state index contributed by atoms with van der Waals surface area (Å²) in [6.07, 6.45) is 1.54. The Morgan fingerprint density at radius 2 is 2.09 bits per heavy atom. The van der Waals surface area contributed by atoms with Crippen molar-refractivity contribution in [1.29, 1.82) is 0 Å². The summed E-state index contributed by atoms with van der Waals surface area (Å²) in [7, 11) is 0.338. The summed E-state index contributed by atoms with van der Waals surface area (Å²) in [6, 6.07) is 3.49. The number of anilines is 1. The Hall–Kier alpha value is -1.67. The number of aromatic nitrogens is 1. The zero-order valence-corrected chi connectivity index (χ0v) is 13.9. The maximum absolute atomic E-state index is 11.7. The van der Waals surface area contributed by atoms with Crippen LogP contribution in [0.3, 0.4) is 0 Å². The van der Waals surface area contributed by atoms with Crippen molar-refractivity contribution in [3.8, 4) is 0 Å². The summed E-state index contributed by atoms with van der Waals surface area (Å²) in [6.45, 7) is 3.44. The molecule has 1 aromatic heterocycles. The minimum Gasteiger partial charge on any atom is -0.370 e. The molecule has 1 aliphatic rings. The van der Waals surface area contributed by atoms with Crippen LogP contribution in [0.15, 0.2) is 18.3 Å². The van der Waals surface area contributed by atoms with E-state index in [4.69, 9.17) is 0 Å². The van der Waals surface area contributed by atoms with Crippen LogP contribution in [0.1, 0.15) is 17.3 Å². The van der Waals surface area contributed by atoms with E-state index < -0.39 is 10.0 Å². The van der Waals surface area contributed by atoms with Crippen molar-refractivity contribution in [1.82, 2.24) is 14.2 Å². The number of hydrogen-bond acceptors (Lipinski definition) is 5. The molecule has 22 heavy (non-hydrogen) atoms. The van der Waals surface area contributed by atoms with Gasteiger partial charge in [-0.15, -0.1) is 0 Å². The molecule has 0 aromatic carbocycles. The maximum Gasteiger partial charge on any atom is 0.254 e. The molecule has 0 radical (unpaired) electrons. The van der Waals surface area contributed by atoms with E-state index in [2.05, 4.69) is 10.3 Å². The number of sulfonamides is 1. The van der Waals surface area contributed by atoms with Crippen molar-refractivity contribution in [2.45, 2.75) is 6.92 Å². The molecule has 0 spiro atoms. The molecule has 0 saturated carbocycles. The van der Waals surface area contributed by atoms with Gasteiger partial charge in [-0.05, 0) is 19.1 Å². The maximum atomic E-state index is 11.7. The molecule has 1 amide bonds. The third-order valence-corrected chi connectivity index (χ3v) is 5.48. The van der Waals surface area contributed by atoms with Crippen LogP contribution >= 0.6 is 0 Å². The summed E-state index contributed by atoms with van der Waals surface area (Å²) in [5.41, 5.74) is 0.541. The average Bonchev–Trinajstić information content (AvgIpc) is 2.45. The van der Waals surface area contributed by atoms with E-state index in [9.17, 15) is 13.2 Å². The molecule has 0 unspecified atom stereocenters. The van der Waals surface area contributed by atoms with E-state index in [0.29, 0.717) is 36.9 Å². The highest BCUT2D eigenvalue weighted by Crippen LogP contribution is 2.20. The normalized spacial score (nSPS) is 16.1. The van der Waals surface area contributed by atoms with Crippen molar-refractivity contribution < 1.29 is 13.2 Å². The molecule has 2 rings (SSSR count). The fourth-order valence-electron chi connectivity index (χ4n) is 2.19. The fourth-order valence-corrected chi connectivity index (χ4v) is 3.43. The van der Waals surface area contributed by atoms with Crippen LogP contribution < -0.4 is 5.32 Å². The Kier molecular flexibility index (Phi) is 5.02. The van der Waals surface area contributed by atoms with Crippen LogP contribution in [0, 0.1) is 5.92 Å². The van der Waals surface area contributed by atoms with Gasteiger partial charge in [-0.3, -0.25) is 4.79 Å². The van der Waals surface area contributed by atoms with Gasteiger partial charge in [0, 0.05) is 45.8 Å². The Morgan fingerprint density at radius 3 is 2.59 bits per heavy atom. The number of nitrogens with zero attached hydrogens (tertiary/aromatic N) is 3. The van der Waals surface area contributed by atoms with Gasteiger partial charge in [0.25, 0.3) is 5.91 Å². The van der Waals surface area contributed by atoms with E-state index in [-0.39, 0.29) is 11.7 Å². The van der Waals surface area contributed by atoms with Crippen LogP contribution in [0.5, 0.6) is 0 Å². The fraction of sp³-hybridized carbons (Fsp3) is 0.571. The monoisotopic (exact) mass is 326 g/mol. The van der Waals surface area contributed by atoms with Gasteiger partial charge in [0.15, 0.2) is 0 Å². The van der Waals surface area contributed by atoms with E-state index in [1.807, 2.05) is 0 Å². The van der Waals surface area contributed by atoms with Crippen molar-refractivity contribution in [2.24, 2.45) is 5.92 Å². The quantitative estimate of drug-likeness (QED) is 0.822. The molecule has 0 aliphatic carbocycles. The molecular formula is C14H22N4O3S. The second-order valence-electron chi connectivity index (χ2n) is 5.60. The molecule has 0 bridgehead atoms. The highest BCUT2D eigenvalue weighted by Gasteiger charge is 2.34. The van der Waals surface area contributed by atoms with Gasteiger partial charge in [0.2, 0.25) is 10.0 Å². The minimum absolute atomic E-state index is 0.0848. The van der Waals surface area contributed by atoms with Gasteiger partial charge < -0.3 is 10.2 Å². The van der Waals surface area contributed by atoms with Crippen molar-refractivity contribution in [2.75, 3.05) is 44.8 Å². The zero-order valence-electron chi connectivity index (χ0n) is 13.1. The first-order chi connectivity index (χ1) is 10.3. The molecule has 0 atom stereocenters. The van der Waals surface area contributed by atoms with Crippen LogP contribution in [-0.4, -0.2) is 68.0 Å². The Labute approximate surface area is 131 Å². The predicted octanol–water partition coefficient (Wildman–Crippen LogP) is 0.477. The number of carbonyl (C=O) groups is 1. The van der Waals surface area contributed by atoms with E-state index in [1.54, 1.807) is 39.3 Å². The van der Waals surface area contributed by atoms with Crippen molar-refractivity contribution in [3.05, 3.63) is 23.9 Å². The number of carbonyl (C=O) groups excluding carboxylic acids is 1. The molecule has 1 aliphatic heterocycles. The lowest BCUT2D eigenvalue weighted by molar-refractivity contribution is 0.0827. The van der Waals surface area contributed by atoms with E-state index >= 15 is 0 Å². The lowest BCUT2D eigenvalue weighted by Gasteiger charge is -2.38. The highest BCUT2D eigenvalue weighted by molar-refractivity contribution is 7.89. The number of hydrogen-bond donors (Lipinski definition) is 1. The predicted molar refractivity (Wildman–Crippen MR) is 85.3 cm³/mol. The first kappa shape index (κ1) is 16.7. The number of rotatable bonds is 6. The summed E-state index contributed by atoms with van der Waals surface area (Å²) >= 11 is 0. The minimum atomic E-state index is -3.05. The van der Waals surface area contributed by atoms with E-state index in [0.717, 1.165) is 0 Å². The third-order valence-electron chi connectivity index (χ3n) is 3.67. The molecule has 122 valence electrons. The summed E-state index contributed by atoms with van der Waals surface area (Å²) < 4.78 is 24.7. The number of amides is 1. The second-order valence-corrected chi connectivity index (χ2v) is 7.85. The summed E-state index contributed by atoms with van der Waals surface area (Å²) in [5.74, 6) is 1.05. The Balaban J connectivity index is 1.81. The van der Waals surface area contributed by atoms with Gasteiger partial charge in [0.05, 0.1) is 11.3 Å². The molecule has 1 aromatic rings. The molecular weight excluding hydrogens is 304 g/mol. The zero-order chi connectivity index (χ0) is 16.3. The summed E-state index contributed by atoms with van der Waals surface area (Å²) in [5, 5.41) is 3.17. The van der Waals surface area contributed by atoms with Gasteiger partial charge >= 0.3 is 0 Å². The lowest BCUT2D eigenvalue weighted by Crippen LogP contribution is -2.52. The second kappa shape index (κ2) is 6.62. The van der Waals surface area contributed by atoms with Crippen molar-refractivity contribution >= 4 is 21.7 Å². The molecule has 1 saturated heterocycles. The standard InChI is InChI=1S/C14H22N4O3S/c1-4-22(20,21)18-9-11(10-18)7-15-13-6-5-12(8-16-13)14(19)17(2)3/h5-6,8,11H,4,7,9-10H2,1-3H3,(H,15,16). The first-order valence-corrected chi connectivity index (χ1v) is 8.83. The van der Waals surface area contributed by atoms with Crippen LogP contribution in [0.4, 0.5) is 5.82 Å². The third kappa shape index (κ3) is 3.75. The van der Waals surface area contributed by atoms with Crippen LogP contribution in [0.25, 0.3) is 0 Å². The Morgan fingerprint density at radius 1 is 1.41 bits per heavy atom. The van der Waals surface area contributed by atoms with Crippen molar-refractivity contribution in [3.63, 3.8) is 0 Å². The Bertz CT molecular complexity index is 622. The highest BCUT2D eigenvalue weighted by atomic mass is 32.2. The molecule has 8 heteroatoms. The lowest BCUT2D eigenvalue weighted by atomic mass is 10.0. The first-order valence-electron chi connectivity index (χ1n) is 7.23. The summed E-state index contributed by atoms with van der Waals surface area (Å²) in [4.78, 5) is 17.4. The van der Waals surface area contributed by atoms with Gasteiger partial charge in [0.1, 0.15) is 5.82 Å². The van der Waals surface area contributed by atoms with Gasteiger partial charge in [-0.25, -0.2) is 17.7 Å². The molecule has 7 nitrogen and oxygen atoms in total. The topological polar surface area (TPSA) is 82.6 Å². The number of nitrogens with one attached hydrogen (secondary N) is 1. The van der Waals surface area contributed by atoms with Gasteiger partial charge in [-0.1, -0.05) is 0 Å². The smallest absolute Gasteiger partial charge is 0.254 e. The largest absolute Gasteiger partial charge is 0.370 e. The van der Waals surface area contributed by atoms with Crippen LogP contribution in [-0.2, 0) is 10.0 Å². The molecule has 1 fully saturated rings. The average molecular weight is 326 g/mol. The van der Waals surface area contributed by atoms with E-state index in [1.165, 1.54) is 9.21 Å². The SMILES string of the molecule is CCS(=O)(=O)N1CC(CNc2ccc(C(=O)N(C)C)cn2)C1. The number of pyridine rings is 1. The molecule has 1 N–H and O–H groups in total.